The molecule has 0 atom stereocenters. The Morgan fingerprint density at radius 3 is 2.26 bits per heavy atom. The molecule has 23 heavy (non-hydrogen) atoms. The number of piperazine rings is 1. The Balaban J connectivity index is 2.11. The van der Waals surface area contributed by atoms with E-state index in [0.29, 0.717) is 36.9 Å². The summed E-state index contributed by atoms with van der Waals surface area (Å²) in [4.78, 5) is 26.2. The fraction of sp³-hybridized carbons (Fsp3) is 0.429. The molecule has 0 saturated carbocycles. The summed E-state index contributed by atoms with van der Waals surface area (Å²) in [7, 11) is -3.60. The zero-order chi connectivity index (χ0) is 17.0. The van der Waals surface area contributed by atoms with E-state index in [4.69, 9.17) is 11.6 Å². The second-order valence-corrected chi connectivity index (χ2v) is 7.61. The van der Waals surface area contributed by atoms with E-state index in [1.165, 1.54) is 0 Å². The molecule has 1 fully saturated rings. The van der Waals surface area contributed by atoms with E-state index in [1.807, 2.05) is 0 Å². The summed E-state index contributed by atoms with van der Waals surface area (Å²) < 4.78 is 25.1. The maximum absolute atomic E-state index is 12.4. The second-order valence-electron chi connectivity index (χ2n) is 5.27. The normalized spacial score (nSPS) is 15.4. The molecule has 7 nitrogen and oxygen atoms in total. The van der Waals surface area contributed by atoms with Gasteiger partial charge in [-0.25, -0.2) is 8.42 Å². The third-order valence-corrected chi connectivity index (χ3v) is 5.00. The van der Waals surface area contributed by atoms with Crippen LogP contribution in [0.2, 0.25) is 5.02 Å². The summed E-state index contributed by atoms with van der Waals surface area (Å²) in [6.07, 6.45) is 1.80. The van der Waals surface area contributed by atoms with Crippen molar-refractivity contribution >= 4 is 39.6 Å². The van der Waals surface area contributed by atoms with Crippen LogP contribution in [0.4, 0.5) is 5.69 Å². The highest BCUT2D eigenvalue weighted by molar-refractivity contribution is 7.92. The van der Waals surface area contributed by atoms with Crippen molar-refractivity contribution in [2.24, 2.45) is 0 Å². The van der Waals surface area contributed by atoms with Gasteiger partial charge in [0.1, 0.15) is 6.54 Å². The van der Waals surface area contributed by atoms with E-state index in [-0.39, 0.29) is 12.5 Å². The average molecular weight is 360 g/mol. The van der Waals surface area contributed by atoms with Crippen molar-refractivity contribution in [2.75, 3.05) is 43.3 Å². The first-order chi connectivity index (χ1) is 10.8. The number of amides is 2. The van der Waals surface area contributed by atoms with E-state index < -0.39 is 10.0 Å². The molecule has 2 rings (SSSR count). The lowest BCUT2D eigenvalue weighted by atomic mass is 10.3. The third kappa shape index (κ3) is 4.59. The number of nitrogens with zero attached hydrogens (tertiary/aromatic N) is 3. The third-order valence-electron chi connectivity index (χ3n) is 3.61. The lowest BCUT2D eigenvalue weighted by Crippen LogP contribution is -2.51. The molecule has 9 heteroatoms. The molecule has 1 heterocycles. The van der Waals surface area contributed by atoms with Gasteiger partial charge < -0.3 is 9.80 Å². The molecule has 126 valence electrons. The largest absolute Gasteiger partial charge is 0.342 e. The molecule has 1 saturated heterocycles. The lowest BCUT2D eigenvalue weighted by Gasteiger charge is -2.34. The van der Waals surface area contributed by atoms with E-state index >= 15 is 0 Å². The Morgan fingerprint density at radius 2 is 1.78 bits per heavy atom. The zero-order valence-corrected chi connectivity index (χ0v) is 14.3. The summed E-state index contributed by atoms with van der Waals surface area (Å²) in [5, 5.41) is 0.485. The van der Waals surface area contributed by atoms with Gasteiger partial charge in [0, 0.05) is 31.2 Å². The Kier molecular flexibility index (Phi) is 5.48. The van der Waals surface area contributed by atoms with Crippen LogP contribution in [0.1, 0.15) is 0 Å². The number of hydrogen-bond donors (Lipinski definition) is 0. The van der Waals surface area contributed by atoms with Crippen molar-refractivity contribution in [3.05, 3.63) is 29.3 Å². The van der Waals surface area contributed by atoms with Crippen LogP contribution in [0.25, 0.3) is 0 Å². The van der Waals surface area contributed by atoms with Crippen molar-refractivity contribution < 1.29 is 18.0 Å². The van der Waals surface area contributed by atoms with E-state index in [1.54, 1.807) is 34.1 Å². The predicted octanol–water partition coefficient (Wildman–Crippen LogP) is 0.407. The summed E-state index contributed by atoms with van der Waals surface area (Å²) in [6.45, 7) is 1.43. The van der Waals surface area contributed by atoms with Gasteiger partial charge in [-0.3, -0.25) is 13.9 Å². The highest BCUT2D eigenvalue weighted by Crippen LogP contribution is 2.20. The Labute approximate surface area is 140 Å². The number of rotatable bonds is 5. The smallest absolute Gasteiger partial charge is 0.243 e. The van der Waals surface area contributed by atoms with E-state index in [9.17, 15) is 18.0 Å². The standard InChI is InChI=1S/C14H18ClN3O4S/c1-23(21,22)18(13-4-2-12(15)3-5-13)10-14(20)17-8-6-16(11-19)7-9-17/h2-5,11H,6-10H2,1H3. The molecule has 0 unspecified atom stereocenters. The minimum atomic E-state index is -3.60. The molecule has 0 spiro atoms. The summed E-state index contributed by atoms with van der Waals surface area (Å²) in [6, 6.07) is 6.26. The van der Waals surface area contributed by atoms with Gasteiger partial charge in [0.25, 0.3) is 0 Å². The van der Waals surface area contributed by atoms with Crippen LogP contribution >= 0.6 is 11.6 Å². The zero-order valence-electron chi connectivity index (χ0n) is 12.7. The number of hydrogen-bond acceptors (Lipinski definition) is 4. The minimum Gasteiger partial charge on any atom is -0.342 e. The lowest BCUT2D eigenvalue weighted by molar-refractivity contribution is -0.133. The molecule has 0 aromatic heterocycles. The first-order valence-electron chi connectivity index (χ1n) is 7.01. The molecule has 2 amide bonds. The molecule has 1 aliphatic heterocycles. The Hall–Kier alpha value is -1.80. The fourth-order valence-corrected chi connectivity index (χ4v) is 3.28. The minimum absolute atomic E-state index is 0.276. The highest BCUT2D eigenvalue weighted by atomic mass is 35.5. The molecule has 0 bridgehead atoms. The summed E-state index contributed by atoms with van der Waals surface area (Å²) in [5.41, 5.74) is 0.386. The van der Waals surface area contributed by atoms with Gasteiger partial charge in [-0.2, -0.15) is 0 Å². The number of benzene rings is 1. The molecular weight excluding hydrogens is 342 g/mol. The van der Waals surface area contributed by atoms with Gasteiger partial charge in [-0.1, -0.05) is 11.6 Å². The number of carbonyl (C=O) groups excluding carboxylic acids is 2. The first-order valence-corrected chi connectivity index (χ1v) is 9.24. The van der Waals surface area contributed by atoms with Gasteiger partial charge in [0.15, 0.2) is 0 Å². The quantitative estimate of drug-likeness (QED) is 0.713. The second kappa shape index (κ2) is 7.18. The summed E-state index contributed by atoms with van der Waals surface area (Å²) >= 11 is 5.81. The van der Waals surface area contributed by atoms with Crippen LogP contribution < -0.4 is 4.31 Å². The topological polar surface area (TPSA) is 78.0 Å². The van der Waals surface area contributed by atoms with Gasteiger partial charge in [-0.15, -0.1) is 0 Å². The number of halogens is 1. The SMILES string of the molecule is CS(=O)(=O)N(CC(=O)N1CCN(C=O)CC1)c1ccc(Cl)cc1. The van der Waals surface area contributed by atoms with Crippen molar-refractivity contribution in [3.63, 3.8) is 0 Å². The van der Waals surface area contributed by atoms with Crippen molar-refractivity contribution in [2.45, 2.75) is 0 Å². The Bertz CT molecular complexity index is 670. The maximum atomic E-state index is 12.4. The highest BCUT2D eigenvalue weighted by Gasteiger charge is 2.26. The summed E-state index contributed by atoms with van der Waals surface area (Å²) in [5.74, 6) is -0.295. The van der Waals surface area contributed by atoms with Crippen molar-refractivity contribution in [1.29, 1.82) is 0 Å². The average Bonchev–Trinajstić information content (AvgIpc) is 2.52. The predicted molar refractivity (Wildman–Crippen MR) is 87.9 cm³/mol. The van der Waals surface area contributed by atoms with Crippen LogP contribution in [0.5, 0.6) is 0 Å². The number of anilines is 1. The number of carbonyl (C=O) groups is 2. The molecule has 1 aliphatic rings. The van der Waals surface area contributed by atoms with Crippen LogP contribution in [0, 0.1) is 0 Å². The van der Waals surface area contributed by atoms with Crippen LogP contribution in [0.3, 0.4) is 0 Å². The van der Waals surface area contributed by atoms with Crippen LogP contribution in [-0.4, -0.2) is 69.5 Å². The van der Waals surface area contributed by atoms with Crippen molar-refractivity contribution in [1.82, 2.24) is 9.80 Å². The molecule has 1 aromatic carbocycles. The maximum Gasteiger partial charge on any atom is 0.243 e. The molecule has 1 aromatic rings. The molecule has 0 radical (unpaired) electrons. The van der Waals surface area contributed by atoms with Gasteiger partial charge in [-0.05, 0) is 24.3 Å². The first kappa shape index (κ1) is 17.6. The van der Waals surface area contributed by atoms with Gasteiger partial charge in [0.2, 0.25) is 22.3 Å². The molecule has 0 aliphatic carbocycles. The Morgan fingerprint density at radius 1 is 1.22 bits per heavy atom. The fourth-order valence-electron chi connectivity index (χ4n) is 2.31. The van der Waals surface area contributed by atoms with Crippen LogP contribution in [0.15, 0.2) is 24.3 Å². The van der Waals surface area contributed by atoms with Crippen molar-refractivity contribution in [3.8, 4) is 0 Å². The van der Waals surface area contributed by atoms with Crippen LogP contribution in [-0.2, 0) is 19.6 Å². The van der Waals surface area contributed by atoms with Gasteiger partial charge in [0.05, 0.1) is 11.9 Å². The monoisotopic (exact) mass is 359 g/mol. The number of sulfonamides is 1. The van der Waals surface area contributed by atoms with Gasteiger partial charge >= 0.3 is 0 Å². The van der Waals surface area contributed by atoms with E-state index in [2.05, 4.69) is 0 Å². The van der Waals surface area contributed by atoms with E-state index in [0.717, 1.165) is 17.0 Å². The molecule has 0 N–H and O–H groups in total. The molecular formula is C14H18ClN3O4S.